The fourth-order valence-corrected chi connectivity index (χ4v) is 0.884. The summed E-state index contributed by atoms with van der Waals surface area (Å²) in [4.78, 5) is 4.09. The van der Waals surface area contributed by atoms with Gasteiger partial charge in [-0.1, -0.05) is 0 Å². The standard InChI is InChI=1S/C9H10N2O/c1-3-12-9-5-4-8(6-10)7(2)11-9/h4-5H,3H2,1-2H3. The number of nitriles is 1. The number of aromatic nitrogens is 1. The SMILES string of the molecule is CCOc1ccc(C#N)c(C)n1. The van der Waals surface area contributed by atoms with Crippen LogP contribution in [0.4, 0.5) is 0 Å². The van der Waals surface area contributed by atoms with Gasteiger partial charge < -0.3 is 4.74 Å². The molecule has 1 aromatic rings. The molecule has 0 bridgehead atoms. The quantitative estimate of drug-likeness (QED) is 0.664. The van der Waals surface area contributed by atoms with E-state index in [1.807, 2.05) is 13.0 Å². The lowest BCUT2D eigenvalue weighted by Gasteiger charge is -2.02. The Morgan fingerprint density at radius 2 is 2.33 bits per heavy atom. The molecule has 1 heterocycles. The molecule has 0 N–H and O–H groups in total. The zero-order chi connectivity index (χ0) is 8.97. The molecule has 0 unspecified atom stereocenters. The van der Waals surface area contributed by atoms with Crippen LogP contribution in [0.5, 0.6) is 5.88 Å². The highest BCUT2D eigenvalue weighted by molar-refractivity contribution is 5.34. The number of hydrogen-bond donors (Lipinski definition) is 0. The number of ether oxygens (including phenoxy) is 1. The number of pyridine rings is 1. The molecule has 62 valence electrons. The molecule has 0 saturated heterocycles. The van der Waals surface area contributed by atoms with Gasteiger partial charge in [-0.2, -0.15) is 5.26 Å². The van der Waals surface area contributed by atoms with Gasteiger partial charge in [-0.25, -0.2) is 4.98 Å². The smallest absolute Gasteiger partial charge is 0.213 e. The lowest BCUT2D eigenvalue weighted by molar-refractivity contribution is 0.326. The molecule has 0 fully saturated rings. The molecule has 0 aliphatic carbocycles. The molecule has 0 aliphatic rings. The van der Waals surface area contributed by atoms with E-state index in [1.165, 1.54) is 0 Å². The Morgan fingerprint density at radius 3 is 2.83 bits per heavy atom. The van der Waals surface area contributed by atoms with Gasteiger partial charge in [0.1, 0.15) is 6.07 Å². The van der Waals surface area contributed by atoms with Crippen molar-refractivity contribution in [1.82, 2.24) is 4.98 Å². The minimum Gasteiger partial charge on any atom is -0.478 e. The second-order valence-corrected chi connectivity index (χ2v) is 2.33. The van der Waals surface area contributed by atoms with Crippen LogP contribution in [0.3, 0.4) is 0 Å². The second kappa shape index (κ2) is 3.72. The van der Waals surface area contributed by atoms with Crippen molar-refractivity contribution in [2.45, 2.75) is 13.8 Å². The molecular formula is C9H10N2O. The fraction of sp³-hybridized carbons (Fsp3) is 0.333. The van der Waals surface area contributed by atoms with E-state index in [-0.39, 0.29) is 0 Å². The van der Waals surface area contributed by atoms with Crippen LogP contribution in [0.1, 0.15) is 18.2 Å². The third-order valence-corrected chi connectivity index (χ3v) is 1.47. The molecule has 3 heteroatoms. The summed E-state index contributed by atoms with van der Waals surface area (Å²) in [7, 11) is 0. The Morgan fingerprint density at radius 1 is 1.58 bits per heavy atom. The molecule has 1 aromatic heterocycles. The molecule has 1 rings (SSSR count). The van der Waals surface area contributed by atoms with Crippen molar-refractivity contribution in [3.63, 3.8) is 0 Å². The molecule has 0 amide bonds. The van der Waals surface area contributed by atoms with E-state index < -0.39 is 0 Å². The average molecular weight is 162 g/mol. The Kier molecular flexibility index (Phi) is 2.65. The molecule has 3 nitrogen and oxygen atoms in total. The van der Waals surface area contributed by atoms with Crippen LogP contribution in [0.25, 0.3) is 0 Å². The third-order valence-electron chi connectivity index (χ3n) is 1.47. The van der Waals surface area contributed by atoms with Crippen molar-refractivity contribution in [2.75, 3.05) is 6.61 Å². The summed E-state index contributed by atoms with van der Waals surface area (Å²) < 4.78 is 5.17. The van der Waals surface area contributed by atoms with Gasteiger partial charge in [0, 0.05) is 6.07 Å². The number of aryl methyl sites for hydroxylation is 1. The monoisotopic (exact) mass is 162 g/mol. The first-order chi connectivity index (χ1) is 5.77. The van der Waals surface area contributed by atoms with Gasteiger partial charge in [0.15, 0.2) is 0 Å². The minimum atomic E-state index is 0.578. The highest BCUT2D eigenvalue weighted by Gasteiger charge is 1.99. The van der Waals surface area contributed by atoms with Crippen LogP contribution >= 0.6 is 0 Å². The third kappa shape index (κ3) is 1.73. The van der Waals surface area contributed by atoms with Crippen molar-refractivity contribution in [2.24, 2.45) is 0 Å². The van der Waals surface area contributed by atoms with Crippen LogP contribution in [0, 0.1) is 18.3 Å². The van der Waals surface area contributed by atoms with Gasteiger partial charge in [-0.3, -0.25) is 0 Å². The summed E-state index contributed by atoms with van der Waals surface area (Å²) in [6, 6.07) is 5.47. The largest absolute Gasteiger partial charge is 0.478 e. The van der Waals surface area contributed by atoms with Crippen molar-refractivity contribution >= 4 is 0 Å². The van der Waals surface area contributed by atoms with E-state index in [0.29, 0.717) is 23.7 Å². The van der Waals surface area contributed by atoms with E-state index >= 15 is 0 Å². The summed E-state index contributed by atoms with van der Waals surface area (Å²) in [5, 5.41) is 8.61. The molecule has 0 atom stereocenters. The summed E-state index contributed by atoms with van der Waals surface area (Å²) in [5.41, 5.74) is 1.31. The molecule has 0 aromatic carbocycles. The van der Waals surface area contributed by atoms with Crippen molar-refractivity contribution in [3.8, 4) is 11.9 Å². The number of nitrogens with zero attached hydrogens (tertiary/aromatic N) is 2. The van der Waals surface area contributed by atoms with E-state index in [1.54, 1.807) is 19.1 Å². The zero-order valence-corrected chi connectivity index (χ0v) is 7.16. The van der Waals surface area contributed by atoms with Crippen LogP contribution in [0.15, 0.2) is 12.1 Å². The Hall–Kier alpha value is -1.56. The molecule has 0 spiro atoms. The maximum Gasteiger partial charge on any atom is 0.213 e. The summed E-state index contributed by atoms with van der Waals surface area (Å²) in [6.45, 7) is 4.29. The predicted octanol–water partition coefficient (Wildman–Crippen LogP) is 1.66. The van der Waals surface area contributed by atoms with Crippen molar-refractivity contribution < 1.29 is 4.74 Å². The van der Waals surface area contributed by atoms with Gasteiger partial charge in [0.25, 0.3) is 0 Å². The van der Waals surface area contributed by atoms with Crippen LogP contribution in [-0.4, -0.2) is 11.6 Å². The first-order valence-electron chi connectivity index (χ1n) is 3.78. The van der Waals surface area contributed by atoms with Crippen molar-refractivity contribution in [3.05, 3.63) is 23.4 Å². The Labute approximate surface area is 71.6 Å². The van der Waals surface area contributed by atoms with Crippen LogP contribution in [-0.2, 0) is 0 Å². The number of hydrogen-bond acceptors (Lipinski definition) is 3. The summed E-state index contributed by atoms with van der Waals surface area (Å²) in [5.74, 6) is 0.578. The predicted molar refractivity (Wildman–Crippen MR) is 44.9 cm³/mol. The van der Waals surface area contributed by atoms with E-state index in [2.05, 4.69) is 4.98 Å². The minimum absolute atomic E-state index is 0.578. The lowest BCUT2D eigenvalue weighted by Crippen LogP contribution is -1.96. The highest BCUT2D eigenvalue weighted by Crippen LogP contribution is 2.10. The van der Waals surface area contributed by atoms with E-state index in [9.17, 15) is 0 Å². The molecule has 0 saturated carbocycles. The van der Waals surface area contributed by atoms with Gasteiger partial charge >= 0.3 is 0 Å². The zero-order valence-electron chi connectivity index (χ0n) is 7.16. The topological polar surface area (TPSA) is 45.9 Å². The summed E-state index contributed by atoms with van der Waals surface area (Å²) >= 11 is 0. The lowest BCUT2D eigenvalue weighted by atomic mass is 10.2. The Balaban J connectivity index is 2.96. The van der Waals surface area contributed by atoms with Gasteiger partial charge in [-0.05, 0) is 19.9 Å². The summed E-state index contributed by atoms with van der Waals surface area (Å²) in [6.07, 6.45) is 0. The van der Waals surface area contributed by atoms with Gasteiger partial charge in [0.2, 0.25) is 5.88 Å². The fourth-order valence-electron chi connectivity index (χ4n) is 0.884. The van der Waals surface area contributed by atoms with E-state index in [4.69, 9.17) is 10.00 Å². The van der Waals surface area contributed by atoms with Crippen LogP contribution < -0.4 is 4.74 Å². The molecule has 0 aliphatic heterocycles. The molecule has 12 heavy (non-hydrogen) atoms. The number of rotatable bonds is 2. The second-order valence-electron chi connectivity index (χ2n) is 2.33. The maximum absolute atomic E-state index is 8.61. The molecule has 0 radical (unpaired) electrons. The highest BCUT2D eigenvalue weighted by atomic mass is 16.5. The van der Waals surface area contributed by atoms with Crippen LogP contribution in [0.2, 0.25) is 0 Å². The first kappa shape index (κ1) is 8.54. The average Bonchev–Trinajstić information content (AvgIpc) is 2.05. The molecular weight excluding hydrogens is 152 g/mol. The van der Waals surface area contributed by atoms with Gasteiger partial charge in [0.05, 0.1) is 17.9 Å². The first-order valence-corrected chi connectivity index (χ1v) is 3.78. The Bertz CT molecular complexity index is 315. The van der Waals surface area contributed by atoms with Crippen molar-refractivity contribution in [1.29, 1.82) is 5.26 Å². The van der Waals surface area contributed by atoms with Gasteiger partial charge in [-0.15, -0.1) is 0 Å². The maximum atomic E-state index is 8.61. The normalized spacial score (nSPS) is 9.08. The van der Waals surface area contributed by atoms with E-state index in [0.717, 1.165) is 0 Å².